The number of nitrogens with two attached hydrogens (primary N) is 2. The van der Waals surface area contributed by atoms with Crippen molar-refractivity contribution in [3.63, 3.8) is 0 Å². The minimum Gasteiger partial charge on any atom is -0.395 e. The first-order chi connectivity index (χ1) is 9.06. The molecule has 8 heteroatoms. The van der Waals surface area contributed by atoms with Crippen molar-refractivity contribution < 1.29 is 9.59 Å². The van der Waals surface area contributed by atoms with Gasteiger partial charge in [-0.25, -0.2) is 9.67 Å². The first kappa shape index (κ1) is 12.6. The Bertz CT molecular complexity index is 634. The van der Waals surface area contributed by atoms with Gasteiger partial charge in [0.2, 0.25) is 0 Å². The number of anilines is 1. The molecule has 0 unspecified atom stereocenters. The molecule has 0 aliphatic rings. The van der Waals surface area contributed by atoms with E-state index in [0.29, 0.717) is 5.82 Å². The van der Waals surface area contributed by atoms with E-state index in [9.17, 15) is 9.59 Å². The maximum absolute atomic E-state index is 11.6. The van der Waals surface area contributed by atoms with Gasteiger partial charge in [-0.3, -0.25) is 9.59 Å². The number of pyridine rings is 1. The van der Waals surface area contributed by atoms with Crippen molar-refractivity contribution >= 4 is 17.5 Å². The fraction of sp³-hybridized carbons (Fsp3) is 0.0909. The van der Waals surface area contributed by atoms with Crippen LogP contribution >= 0.6 is 0 Å². The van der Waals surface area contributed by atoms with Crippen LogP contribution < -0.4 is 16.8 Å². The fourth-order valence-electron chi connectivity index (χ4n) is 1.60. The average molecular weight is 260 g/mol. The third-order valence-corrected chi connectivity index (χ3v) is 2.46. The zero-order valence-corrected chi connectivity index (χ0v) is 10.1. The van der Waals surface area contributed by atoms with Crippen molar-refractivity contribution in [2.75, 3.05) is 12.8 Å². The van der Waals surface area contributed by atoms with E-state index in [-0.39, 0.29) is 17.1 Å². The lowest BCUT2D eigenvalue weighted by Crippen LogP contribution is -2.20. The molecule has 19 heavy (non-hydrogen) atoms. The molecule has 0 saturated heterocycles. The van der Waals surface area contributed by atoms with E-state index in [1.165, 1.54) is 13.2 Å². The zero-order valence-electron chi connectivity index (χ0n) is 10.1. The fourth-order valence-corrected chi connectivity index (χ4v) is 1.60. The van der Waals surface area contributed by atoms with Gasteiger partial charge in [-0.15, -0.1) is 0 Å². The SMILES string of the molecule is CNC(=O)c1nn(-c2ccccn2)c(C(N)=O)c1N. The number of aromatic nitrogens is 3. The highest BCUT2D eigenvalue weighted by molar-refractivity contribution is 6.05. The highest BCUT2D eigenvalue weighted by Crippen LogP contribution is 2.19. The molecular formula is C11H12N6O2. The lowest BCUT2D eigenvalue weighted by atomic mass is 10.2. The van der Waals surface area contributed by atoms with Gasteiger partial charge in [-0.05, 0) is 12.1 Å². The summed E-state index contributed by atoms with van der Waals surface area (Å²) in [7, 11) is 1.44. The van der Waals surface area contributed by atoms with E-state index >= 15 is 0 Å². The molecule has 0 spiro atoms. The summed E-state index contributed by atoms with van der Waals surface area (Å²) in [6, 6.07) is 5.04. The first-order valence-corrected chi connectivity index (χ1v) is 5.38. The van der Waals surface area contributed by atoms with Crippen LogP contribution in [0.4, 0.5) is 5.69 Å². The van der Waals surface area contributed by atoms with Crippen molar-refractivity contribution in [2.24, 2.45) is 5.73 Å². The van der Waals surface area contributed by atoms with Crippen LogP contribution in [0.25, 0.3) is 5.82 Å². The summed E-state index contributed by atoms with van der Waals surface area (Å²) >= 11 is 0. The van der Waals surface area contributed by atoms with Gasteiger partial charge in [-0.2, -0.15) is 5.10 Å². The molecule has 98 valence electrons. The second-order valence-corrected chi connectivity index (χ2v) is 3.65. The van der Waals surface area contributed by atoms with Crippen LogP contribution in [0.1, 0.15) is 21.0 Å². The van der Waals surface area contributed by atoms with Gasteiger partial charge in [0.15, 0.2) is 17.2 Å². The van der Waals surface area contributed by atoms with Crippen LogP contribution in [0.15, 0.2) is 24.4 Å². The average Bonchev–Trinajstić information content (AvgIpc) is 2.76. The largest absolute Gasteiger partial charge is 0.395 e. The normalized spacial score (nSPS) is 10.2. The molecule has 0 bridgehead atoms. The Morgan fingerprint density at radius 3 is 2.63 bits per heavy atom. The monoisotopic (exact) mass is 260 g/mol. The highest BCUT2D eigenvalue weighted by atomic mass is 16.2. The smallest absolute Gasteiger partial charge is 0.273 e. The Morgan fingerprint density at radius 2 is 2.11 bits per heavy atom. The number of hydrogen-bond acceptors (Lipinski definition) is 5. The quantitative estimate of drug-likeness (QED) is 0.672. The molecule has 0 aliphatic heterocycles. The van der Waals surface area contributed by atoms with Gasteiger partial charge in [0.1, 0.15) is 0 Å². The Labute approximate surface area is 108 Å². The molecule has 0 aliphatic carbocycles. The summed E-state index contributed by atoms with van der Waals surface area (Å²) in [5.41, 5.74) is 10.8. The second-order valence-electron chi connectivity index (χ2n) is 3.65. The molecule has 8 nitrogen and oxygen atoms in total. The molecule has 2 rings (SSSR count). The molecule has 0 radical (unpaired) electrons. The van der Waals surface area contributed by atoms with Crippen molar-refractivity contribution in [3.05, 3.63) is 35.8 Å². The van der Waals surface area contributed by atoms with E-state index in [0.717, 1.165) is 4.68 Å². The number of carbonyl (C=O) groups excluding carboxylic acids is 2. The number of hydrogen-bond donors (Lipinski definition) is 3. The molecule has 0 atom stereocenters. The predicted molar refractivity (Wildman–Crippen MR) is 67.7 cm³/mol. The molecular weight excluding hydrogens is 248 g/mol. The van der Waals surface area contributed by atoms with Gasteiger partial charge in [0, 0.05) is 13.2 Å². The standard InChI is InChI=1S/C11H12N6O2/c1-14-11(19)8-7(12)9(10(13)18)17(16-8)6-4-2-3-5-15-6/h2-5H,12H2,1H3,(H2,13,18)(H,14,19). The van der Waals surface area contributed by atoms with Gasteiger partial charge >= 0.3 is 0 Å². The number of amides is 2. The predicted octanol–water partition coefficient (Wildman–Crippen LogP) is -0.692. The summed E-state index contributed by atoms with van der Waals surface area (Å²) in [6.45, 7) is 0. The molecule has 0 fully saturated rings. The maximum Gasteiger partial charge on any atom is 0.273 e. The number of nitrogen functional groups attached to an aromatic ring is 1. The lowest BCUT2D eigenvalue weighted by molar-refractivity contribution is 0.0957. The van der Waals surface area contributed by atoms with Crippen LogP contribution in [0.2, 0.25) is 0 Å². The van der Waals surface area contributed by atoms with Gasteiger partial charge in [0.25, 0.3) is 11.8 Å². The van der Waals surface area contributed by atoms with Crippen LogP contribution in [0.3, 0.4) is 0 Å². The minimum atomic E-state index is -0.786. The molecule has 0 aromatic carbocycles. The van der Waals surface area contributed by atoms with Crippen LogP contribution in [0, 0.1) is 0 Å². The number of primary amides is 1. The number of nitrogens with one attached hydrogen (secondary N) is 1. The third kappa shape index (κ3) is 2.10. The van der Waals surface area contributed by atoms with Gasteiger partial charge in [0.05, 0.1) is 5.69 Å². The van der Waals surface area contributed by atoms with Gasteiger partial charge in [-0.1, -0.05) is 6.07 Å². The van der Waals surface area contributed by atoms with Crippen molar-refractivity contribution in [3.8, 4) is 5.82 Å². The molecule has 0 saturated carbocycles. The Hall–Kier alpha value is -2.90. The molecule has 2 amide bonds. The minimum absolute atomic E-state index is 0.0676. The van der Waals surface area contributed by atoms with Crippen molar-refractivity contribution in [2.45, 2.75) is 0 Å². The second kappa shape index (κ2) is 4.77. The van der Waals surface area contributed by atoms with Crippen molar-refractivity contribution in [1.29, 1.82) is 0 Å². The van der Waals surface area contributed by atoms with E-state index in [1.54, 1.807) is 18.2 Å². The first-order valence-electron chi connectivity index (χ1n) is 5.38. The summed E-state index contributed by atoms with van der Waals surface area (Å²) in [5.74, 6) is -0.946. The highest BCUT2D eigenvalue weighted by Gasteiger charge is 2.24. The van der Waals surface area contributed by atoms with E-state index < -0.39 is 11.8 Å². The van der Waals surface area contributed by atoms with E-state index in [4.69, 9.17) is 11.5 Å². The Morgan fingerprint density at radius 1 is 1.37 bits per heavy atom. The van der Waals surface area contributed by atoms with Crippen LogP contribution in [0.5, 0.6) is 0 Å². The summed E-state index contributed by atoms with van der Waals surface area (Å²) in [4.78, 5) is 27.1. The van der Waals surface area contributed by atoms with Gasteiger partial charge < -0.3 is 16.8 Å². The molecule has 2 heterocycles. The number of nitrogens with zero attached hydrogens (tertiary/aromatic N) is 3. The van der Waals surface area contributed by atoms with Crippen LogP contribution in [-0.2, 0) is 0 Å². The molecule has 5 N–H and O–H groups in total. The van der Waals surface area contributed by atoms with E-state index in [1.807, 2.05) is 0 Å². The summed E-state index contributed by atoms with van der Waals surface area (Å²) in [5, 5.41) is 6.37. The third-order valence-electron chi connectivity index (χ3n) is 2.46. The van der Waals surface area contributed by atoms with E-state index in [2.05, 4.69) is 15.4 Å². The van der Waals surface area contributed by atoms with Crippen LogP contribution in [-0.4, -0.2) is 33.6 Å². The Balaban J connectivity index is 2.67. The maximum atomic E-state index is 11.6. The van der Waals surface area contributed by atoms with Crippen molar-refractivity contribution in [1.82, 2.24) is 20.1 Å². The summed E-state index contributed by atoms with van der Waals surface area (Å²) in [6.07, 6.45) is 1.53. The number of rotatable bonds is 3. The molecule has 2 aromatic heterocycles. The zero-order chi connectivity index (χ0) is 14.0. The summed E-state index contributed by atoms with van der Waals surface area (Å²) < 4.78 is 1.15. The molecule has 2 aromatic rings. The Kier molecular flexibility index (Phi) is 3.15. The lowest BCUT2D eigenvalue weighted by Gasteiger charge is -2.03. The number of carbonyl (C=O) groups is 2. The topological polar surface area (TPSA) is 129 Å².